The zero-order valence-electron chi connectivity index (χ0n) is 13.2. The van der Waals surface area contributed by atoms with Gasteiger partial charge in [0.25, 0.3) is 5.91 Å². The minimum Gasteiger partial charge on any atom is -0.368 e. The van der Waals surface area contributed by atoms with Crippen LogP contribution in [0.15, 0.2) is 41.4 Å². The molecular formula is C15H16F2N4O3S. The third-order valence-corrected chi connectivity index (χ3v) is 4.62. The summed E-state index contributed by atoms with van der Waals surface area (Å²) in [4.78, 5) is 15.7. The highest BCUT2D eigenvalue weighted by atomic mass is 32.2. The third-order valence-electron chi connectivity index (χ3n) is 3.22. The number of nitrogens with zero attached hydrogens (tertiary/aromatic N) is 1. The fourth-order valence-corrected chi connectivity index (χ4v) is 2.61. The van der Waals surface area contributed by atoms with Crippen LogP contribution in [-0.2, 0) is 10.0 Å². The summed E-state index contributed by atoms with van der Waals surface area (Å²) in [5, 5.41) is 5.23. The van der Waals surface area contributed by atoms with Crippen molar-refractivity contribution < 1.29 is 22.0 Å². The van der Waals surface area contributed by atoms with E-state index in [4.69, 9.17) is 0 Å². The number of anilines is 1. The van der Waals surface area contributed by atoms with E-state index in [0.717, 1.165) is 12.1 Å². The molecule has 0 spiro atoms. The number of amides is 1. The number of benzene rings is 1. The normalized spacial score (nSPS) is 11.2. The molecule has 0 aliphatic rings. The van der Waals surface area contributed by atoms with Crippen LogP contribution >= 0.6 is 0 Å². The standard InChI is InChI=1S/C15H16F2N4O3S/c1-18-25(23,24)10-5-6-13(21-9-10)19-7-8-20-15(22)14-11(16)3-2-4-12(14)17/h2-6,9,18H,7-8H2,1H3,(H,19,21)(H,20,22). The highest BCUT2D eigenvalue weighted by Gasteiger charge is 2.16. The Balaban J connectivity index is 1.86. The van der Waals surface area contributed by atoms with Gasteiger partial charge in [0.2, 0.25) is 10.0 Å². The molecule has 0 aliphatic carbocycles. The molecule has 0 saturated carbocycles. The van der Waals surface area contributed by atoms with Crippen LogP contribution in [0.2, 0.25) is 0 Å². The number of hydrogen-bond donors (Lipinski definition) is 3. The number of carbonyl (C=O) groups is 1. The van der Waals surface area contributed by atoms with Crippen LogP contribution < -0.4 is 15.4 Å². The topological polar surface area (TPSA) is 100 Å². The van der Waals surface area contributed by atoms with Gasteiger partial charge in [0.05, 0.1) is 0 Å². The number of sulfonamides is 1. The molecule has 2 aromatic rings. The molecule has 3 N–H and O–H groups in total. The van der Waals surface area contributed by atoms with Crippen LogP contribution in [0.1, 0.15) is 10.4 Å². The predicted molar refractivity (Wildman–Crippen MR) is 87.7 cm³/mol. The number of aromatic nitrogens is 1. The lowest BCUT2D eigenvalue weighted by Gasteiger charge is -2.09. The molecule has 1 aromatic carbocycles. The van der Waals surface area contributed by atoms with Gasteiger partial charge < -0.3 is 10.6 Å². The van der Waals surface area contributed by atoms with E-state index in [2.05, 4.69) is 20.3 Å². The van der Waals surface area contributed by atoms with Crippen LogP contribution in [0, 0.1) is 11.6 Å². The van der Waals surface area contributed by atoms with Crippen molar-refractivity contribution in [3.8, 4) is 0 Å². The molecule has 1 amide bonds. The quantitative estimate of drug-likeness (QED) is 0.634. The molecule has 1 heterocycles. The maximum absolute atomic E-state index is 13.5. The molecule has 0 saturated heterocycles. The number of halogens is 2. The predicted octanol–water partition coefficient (Wildman–Crippen LogP) is 1.11. The molecule has 0 atom stereocenters. The fraction of sp³-hybridized carbons (Fsp3) is 0.200. The summed E-state index contributed by atoms with van der Waals surface area (Å²) in [6.45, 7) is 0.317. The van der Waals surface area contributed by atoms with Gasteiger partial charge in [-0.05, 0) is 31.3 Å². The Morgan fingerprint density at radius 2 is 1.80 bits per heavy atom. The molecule has 10 heteroatoms. The van der Waals surface area contributed by atoms with Gasteiger partial charge in [0.1, 0.15) is 27.9 Å². The van der Waals surface area contributed by atoms with Gasteiger partial charge in [0.15, 0.2) is 0 Å². The van der Waals surface area contributed by atoms with E-state index in [0.29, 0.717) is 5.82 Å². The second-order valence-corrected chi connectivity index (χ2v) is 6.75. The van der Waals surface area contributed by atoms with E-state index in [-0.39, 0.29) is 18.0 Å². The summed E-state index contributed by atoms with van der Waals surface area (Å²) in [6, 6.07) is 6.01. The summed E-state index contributed by atoms with van der Waals surface area (Å²) in [5.74, 6) is -2.34. The van der Waals surface area contributed by atoms with E-state index in [1.54, 1.807) is 0 Å². The second-order valence-electron chi connectivity index (χ2n) is 4.87. The number of rotatable bonds is 7. The van der Waals surface area contributed by atoms with Crippen LogP contribution in [0.3, 0.4) is 0 Å². The van der Waals surface area contributed by atoms with Crippen molar-refractivity contribution in [1.82, 2.24) is 15.0 Å². The molecule has 0 fully saturated rings. The van der Waals surface area contributed by atoms with Crippen molar-refractivity contribution in [3.63, 3.8) is 0 Å². The maximum atomic E-state index is 13.5. The van der Waals surface area contributed by atoms with Gasteiger partial charge in [-0.2, -0.15) is 0 Å². The summed E-state index contributed by atoms with van der Waals surface area (Å²) in [7, 11) is -2.26. The van der Waals surface area contributed by atoms with Crippen molar-refractivity contribution in [2.24, 2.45) is 0 Å². The van der Waals surface area contributed by atoms with E-state index < -0.39 is 33.1 Å². The lowest BCUT2D eigenvalue weighted by molar-refractivity contribution is 0.0946. The Hall–Kier alpha value is -2.59. The Morgan fingerprint density at radius 1 is 1.12 bits per heavy atom. The van der Waals surface area contributed by atoms with Crippen molar-refractivity contribution in [3.05, 3.63) is 53.7 Å². The smallest absolute Gasteiger partial charge is 0.257 e. The number of nitrogens with one attached hydrogen (secondary N) is 3. The summed E-state index contributed by atoms with van der Waals surface area (Å²) in [6.07, 6.45) is 1.18. The average molecular weight is 370 g/mol. The molecule has 0 unspecified atom stereocenters. The van der Waals surface area contributed by atoms with Crippen molar-refractivity contribution in [1.29, 1.82) is 0 Å². The van der Waals surface area contributed by atoms with Gasteiger partial charge in [0, 0.05) is 19.3 Å². The van der Waals surface area contributed by atoms with Gasteiger partial charge in [-0.25, -0.2) is 26.9 Å². The van der Waals surface area contributed by atoms with Gasteiger partial charge >= 0.3 is 0 Å². The number of pyridine rings is 1. The molecule has 0 bridgehead atoms. The molecule has 25 heavy (non-hydrogen) atoms. The highest BCUT2D eigenvalue weighted by molar-refractivity contribution is 7.89. The lowest BCUT2D eigenvalue weighted by Crippen LogP contribution is -2.30. The maximum Gasteiger partial charge on any atom is 0.257 e. The fourth-order valence-electron chi connectivity index (χ4n) is 1.93. The summed E-state index contributed by atoms with van der Waals surface area (Å²) < 4.78 is 52.2. The number of carbonyl (C=O) groups excluding carboxylic acids is 1. The minimum atomic E-state index is -3.56. The minimum absolute atomic E-state index is 0.0175. The molecule has 0 radical (unpaired) electrons. The van der Waals surface area contributed by atoms with Crippen LogP contribution in [-0.4, -0.2) is 39.4 Å². The Kier molecular flexibility index (Phi) is 5.99. The lowest BCUT2D eigenvalue weighted by atomic mass is 10.2. The first-order chi connectivity index (χ1) is 11.8. The van der Waals surface area contributed by atoms with Crippen molar-refractivity contribution >= 4 is 21.7 Å². The van der Waals surface area contributed by atoms with Crippen molar-refractivity contribution in [2.45, 2.75) is 4.90 Å². The third kappa shape index (κ3) is 4.70. The number of hydrogen-bond acceptors (Lipinski definition) is 5. The summed E-state index contributed by atoms with van der Waals surface area (Å²) in [5.41, 5.74) is -0.637. The van der Waals surface area contributed by atoms with E-state index in [1.165, 1.54) is 31.4 Å². The molecule has 2 rings (SSSR count). The van der Waals surface area contributed by atoms with Crippen LogP contribution in [0.5, 0.6) is 0 Å². The molecule has 0 aliphatic heterocycles. The molecular weight excluding hydrogens is 354 g/mol. The zero-order valence-corrected chi connectivity index (χ0v) is 14.0. The van der Waals surface area contributed by atoms with E-state index in [9.17, 15) is 22.0 Å². The Morgan fingerprint density at radius 3 is 2.36 bits per heavy atom. The van der Waals surface area contributed by atoms with Crippen LogP contribution in [0.4, 0.5) is 14.6 Å². The second kappa shape index (κ2) is 7.99. The van der Waals surface area contributed by atoms with Crippen molar-refractivity contribution in [2.75, 3.05) is 25.5 Å². The Bertz CT molecular complexity index is 837. The highest BCUT2D eigenvalue weighted by Crippen LogP contribution is 2.12. The Labute approximate surface area is 143 Å². The first-order valence-corrected chi connectivity index (χ1v) is 8.69. The first-order valence-electron chi connectivity index (χ1n) is 7.21. The van der Waals surface area contributed by atoms with Crippen LogP contribution in [0.25, 0.3) is 0 Å². The van der Waals surface area contributed by atoms with Gasteiger partial charge in [-0.3, -0.25) is 4.79 Å². The van der Waals surface area contributed by atoms with E-state index in [1.807, 2.05) is 0 Å². The zero-order chi connectivity index (χ0) is 18.4. The van der Waals surface area contributed by atoms with E-state index >= 15 is 0 Å². The molecule has 134 valence electrons. The molecule has 7 nitrogen and oxygen atoms in total. The monoisotopic (exact) mass is 370 g/mol. The van der Waals surface area contributed by atoms with Gasteiger partial charge in [-0.1, -0.05) is 6.07 Å². The van der Waals surface area contributed by atoms with Gasteiger partial charge in [-0.15, -0.1) is 0 Å². The SMILES string of the molecule is CNS(=O)(=O)c1ccc(NCCNC(=O)c2c(F)cccc2F)nc1. The average Bonchev–Trinajstić information content (AvgIpc) is 2.59. The largest absolute Gasteiger partial charge is 0.368 e. The first kappa shape index (κ1) is 18.7. The molecule has 1 aromatic heterocycles. The summed E-state index contributed by atoms with van der Waals surface area (Å²) >= 11 is 0.